The molecule has 0 saturated heterocycles. The third-order valence-electron chi connectivity index (χ3n) is 2.79. The van der Waals surface area contributed by atoms with Gasteiger partial charge in [-0.25, -0.2) is 12.8 Å². The maximum atomic E-state index is 13.2. The molecule has 1 heterocycles. The Morgan fingerprint density at radius 1 is 1.42 bits per heavy atom. The van der Waals surface area contributed by atoms with Crippen LogP contribution in [0.15, 0.2) is 29.3 Å². The van der Waals surface area contributed by atoms with Gasteiger partial charge in [0.15, 0.2) is 0 Å². The van der Waals surface area contributed by atoms with Gasteiger partial charge < -0.3 is 4.57 Å². The number of halogens is 2. The SMILES string of the molecule is C#CCCCn1cc(S(=O)(=O)Cl)c2cc(F)ccc21. The molecule has 2 rings (SSSR count). The lowest BCUT2D eigenvalue weighted by Gasteiger charge is -2.02. The van der Waals surface area contributed by atoms with Crippen LogP contribution in [-0.4, -0.2) is 13.0 Å². The molecule has 0 spiro atoms. The number of aromatic nitrogens is 1. The largest absolute Gasteiger partial charge is 0.346 e. The standard InChI is InChI=1S/C13H11ClFNO2S/c1-2-3-4-7-16-9-13(19(14,17)18)11-8-10(15)5-6-12(11)16/h1,5-6,8-9H,3-4,7H2. The number of unbranched alkanes of at least 4 members (excludes halogenated alkanes) is 1. The van der Waals surface area contributed by atoms with E-state index in [0.717, 1.165) is 0 Å². The quantitative estimate of drug-likeness (QED) is 0.494. The van der Waals surface area contributed by atoms with Crippen LogP contribution in [0.3, 0.4) is 0 Å². The topological polar surface area (TPSA) is 39.1 Å². The fraction of sp³-hybridized carbons (Fsp3) is 0.231. The van der Waals surface area contributed by atoms with E-state index in [1.807, 2.05) is 0 Å². The molecule has 0 unspecified atom stereocenters. The van der Waals surface area contributed by atoms with Gasteiger partial charge in [-0.2, -0.15) is 0 Å². The Balaban J connectivity index is 2.58. The Labute approximate surface area is 115 Å². The van der Waals surface area contributed by atoms with Crippen LogP contribution in [0.5, 0.6) is 0 Å². The second kappa shape index (κ2) is 5.24. The minimum Gasteiger partial charge on any atom is -0.346 e. The molecule has 0 N–H and O–H groups in total. The van der Waals surface area contributed by atoms with Gasteiger partial charge in [-0.3, -0.25) is 0 Å². The molecule has 0 saturated carbocycles. The van der Waals surface area contributed by atoms with Gasteiger partial charge >= 0.3 is 0 Å². The van der Waals surface area contributed by atoms with Crippen molar-refractivity contribution in [1.29, 1.82) is 0 Å². The summed E-state index contributed by atoms with van der Waals surface area (Å²) in [6.45, 7) is 0.554. The molecule has 0 bridgehead atoms. The van der Waals surface area contributed by atoms with E-state index < -0.39 is 14.9 Å². The average molecular weight is 300 g/mol. The maximum Gasteiger partial charge on any atom is 0.263 e. The van der Waals surface area contributed by atoms with Crippen LogP contribution < -0.4 is 0 Å². The summed E-state index contributed by atoms with van der Waals surface area (Å²) in [4.78, 5) is -0.0793. The molecule has 1 aromatic heterocycles. The van der Waals surface area contributed by atoms with Crippen LogP contribution in [0.2, 0.25) is 0 Å². The Morgan fingerprint density at radius 3 is 2.79 bits per heavy atom. The molecule has 3 nitrogen and oxygen atoms in total. The monoisotopic (exact) mass is 299 g/mol. The first-order valence-electron chi connectivity index (χ1n) is 5.60. The average Bonchev–Trinajstić information content (AvgIpc) is 2.67. The lowest BCUT2D eigenvalue weighted by Crippen LogP contribution is -1.95. The Hall–Kier alpha value is -1.51. The van der Waals surface area contributed by atoms with E-state index in [-0.39, 0.29) is 10.3 Å². The van der Waals surface area contributed by atoms with Gasteiger partial charge in [0, 0.05) is 40.7 Å². The minimum atomic E-state index is -3.91. The Bertz CT molecular complexity index is 759. The third kappa shape index (κ3) is 2.91. The molecule has 0 aliphatic heterocycles. The predicted octanol–water partition coefficient (Wildman–Crippen LogP) is 3.12. The Kier molecular flexibility index (Phi) is 3.83. The molecule has 19 heavy (non-hydrogen) atoms. The number of fused-ring (bicyclic) bond motifs is 1. The van der Waals surface area contributed by atoms with Crippen molar-refractivity contribution in [2.45, 2.75) is 24.3 Å². The van der Waals surface area contributed by atoms with Crippen LogP contribution in [0, 0.1) is 18.2 Å². The third-order valence-corrected chi connectivity index (χ3v) is 4.14. The van der Waals surface area contributed by atoms with Crippen molar-refractivity contribution in [1.82, 2.24) is 4.57 Å². The molecule has 0 atom stereocenters. The van der Waals surface area contributed by atoms with Gasteiger partial charge in [0.2, 0.25) is 0 Å². The van der Waals surface area contributed by atoms with Crippen molar-refractivity contribution >= 4 is 30.6 Å². The number of benzene rings is 1. The zero-order valence-electron chi connectivity index (χ0n) is 9.94. The van der Waals surface area contributed by atoms with Crippen LogP contribution in [0.25, 0.3) is 10.9 Å². The van der Waals surface area contributed by atoms with Gasteiger partial charge in [0.1, 0.15) is 10.7 Å². The first-order valence-corrected chi connectivity index (χ1v) is 7.91. The molecule has 2 aromatic rings. The van der Waals surface area contributed by atoms with E-state index in [2.05, 4.69) is 5.92 Å². The van der Waals surface area contributed by atoms with Gasteiger partial charge in [-0.15, -0.1) is 12.3 Å². The summed E-state index contributed by atoms with van der Waals surface area (Å²) in [7, 11) is 1.46. The number of rotatable bonds is 4. The van der Waals surface area contributed by atoms with E-state index in [1.165, 1.54) is 24.4 Å². The molecule has 0 aliphatic rings. The van der Waals surface area contributed by atoms with Crippen molar-refractivity contribution in [2.24, 2.45) is 0 Å². The number of terminal acetylenes is 1. The number of hydrogen-bond donors (Lipinski definition) is 0. The molecular weight excluding hydrogens is 289 g/mol. The van der Waals surface area contributed by atoms with Crippen molar-refractivity contribution < 1.29 is 12.8 Å². The molecule has 1 aromatic carbocycles. The summed E-state index contributed by atoms with van der Waals surface area (Å²) in [6.07, 6.45) is 7.89. The first-order chi connectivity index (χ1) is 8.93. The van der Waals surface area contributed by atoms with Crippen molar-refractivity contribution in [3.8, 4) is 12.3 Å². The van der Waals surface area contributed by atoms with Gasteiger partial charge in [-0.1, -0.05) is 0 Å². The summed E-state index contributed by atoms with van der Waals surface area (Å²) in [5.74, 6) is 2.01. The van der Waals surface area contributed by atoms with Crippen LogP contribution in [0.4, 0.5) is 4.39 Å². The predicted molar refractivity (Wildman–Crippen MR) is 73.0 cm³/mol. The highest BCUT2D eigenvalue weighted by Crippen LogP contribution is 2.29. The summed E-state index contributed by atoms with van der Waals surface area (Å²) >= 11 is 0. The van der Waals surface area contributed by atoms with E-state index in [0.29, 0.717) is 24.9 Å². The van der Waals surface area contributed by atoms with E-state index in [4.69, 9.17) is 17.1 Å². The van der Waals surface area contributed by atoms with Crippen molar-refractivity contribution in [3.05, 3.63) is 30.2 Å². The maximum absolute atomic E-state index is 13.2. The second-order valence-corrected chi connectivity index (χ2v) is 6.63. The van der Waals surface area contributed by atoms with Crippen LogP contribution >= 0.6 is 10.7 Å². The van der Waals surface area contributed by atoms with Gasteiger partial charge in [-0.05, 0) is 24.6 Å². The van der Waals surface area contributed by atoms with Gasteiger partial charge in [0.05, 0.1) is 0 Å². The zero-order chi connectivity index (χ0) is 14.0. The summed E-state index contributed by atoms with van der Waals surface area (Å²) < 4.78 is 38.0. The minimum absolute atomic E-state index is 0.0793. The van der Waals surface area contributed by atoms with Crippen molar-refractivity contribution in [3.63, 3.8) is 0 Å². The zero-order valence-corrected chi connectivity index (χ0v) is 11.5. The smallest absolute Gasteiger partial charge is 0.263 e. The molecule has 0 radical (unpaired) electrons. The molecule has 6 heteroatoms. The molecule has 0 amide bonds. The second-order valence-electron chi connectivity index (χ2n) is 4.09. The lowest BCUT2D eigenvalue weighted by molar-refractivity contribution is 0.609. The molecule has 100 valence electrons. The van der Waals surface area contributed by atoms with E-state index in [9.17, 15) is 12.8 Å². The highest BCUT2D eigenvalue weighted by molar-refractivity contribution is 8.14. The summed E-state index contributed by atoms with van der Waals surface area (Å²) in [5, 5.41) is 0.288. The fourth-order valence-corrected chi connectivity index (χ4v) is 3.02. The van der Waals surface area contributed by atoms with Crippen LogP contribution in [0.1, 0.15) is 12.8 Å². The highest BCUT2D eigenvalue weighted by Gasteiger charge is 2.19. The first kappa shape index (κ1) is 13.9. The molecular formula is C13H11ClFNO2S. The summed E-state index contributed by atoms with van der Waals surface area (Å²) in [6, 6.07) is 3.99. The molecule has 0 aliphatic carbocycles. The van der Waals surface area contributed by atoms with Gasteiger partial charge in [0.25, 0.3) is 9.05 Å². The lowest BCUT2D eigenvalue weighted by atomic mass is 10.2. The number of aryl methyl sites for hydroxylation is 1. The fourth-order valence-electron chi connectivity index (χ4n) is 1.97. The van der Waals surface area contributed by atoms with Crippen molar-refractivity contribution in [2.75, 3.05) is 0 Å². The highest BCUT2D eigenvalue weighted by atomic mass is 35.7. The normalized spacial score (nSPS) is 11.6. The van der Waals surface area contributed by atoms with Crippen LogP contribution in [-0.2, 0) is 15.6 Å². The van der Waals surface area contributed by atoms with E-state index >= 15 is 0 Å². The summed E-state index contributed by atoms with van der Waals surface area (Å²) in [5.41, 5.74) is 0.623. The molecule has 0 fully saturated rings. The van der Waals surface area contributed by atoms with E-state index in [1.54, 1.807) is 4.57 Å². The number of nitrogens with zero attached hydrogens (tertiary/aromatic N) is 1. The Morgan fingerprint density at radius 2 is 2.16 bits per heavy atom. The number of hydrogen-bond acceptors (Lipinski definition) is 2.